The number of amides is 1. The molecule has 0 bridgehead atoms. The number of carbonyl (C=O) groups excluding carboxylic acids is 1. The van der Waals surface area contributed by atoms with Crippen LogP contribution < -0.4 is 5.32 Å². The Hall–Kier alpha value is -2.13. The first-order chi connectivity index (χ1) is 14.9. The molecule has 1 aliphatic heterocycles. The summed E-state index contributed by atoms with van der Waals surface area (Å²) in [4.78, 5) is 15.0. The fraction of sp³-hybridized carbons (Fsp3) is 0.652. The Morgan fingerprint density at radius 3 is 2.53 bits per heavy atom. The van der Waals surface area contributed by atoms with Gasteiger partial charge in [0.15, 0.2) is 0 Å². The van der Waals surface area contributed by atoms with E-state index in [-0.39, 0.29) is 24.6 Å². The summed E-state index contributed by atoms with van der Waals surface area (Å²) in [6, 6.07) is 3.53. The zero-order valence-electron chi connectivity index (χ0n) is 19.3. The fourth-order valence-corrected chi connectivity index (χ4v) is 4.19. The van der Waals surface area contributed by atoms with Gasteiger partial charge in [0.1, 0.15) is 6.61 Å². The summed E-state index contributed by atoms with van der Waals surface area (Å²) in [5.41, 5.74) is 2.33. The largest absolute Gasteiger partial charge is 0.411 e. The normalized spacial score (nSPS) is 16.6. The van der Waals surface area contributed by atoms with E-state index in [1.807, 2.05) is 23.9 Å². The Balaban J connectivity index is 1.57. The number of piperidine rings is 1. The summed E-state index contributed by atoms with van der Waals surface area (Å²) in [5.74, 6) is 0.241. The topological polar surface area (TPSA) is 59.4 Å². The summed E-state index contributed by atoms with van der Waals surface area (Å²) in [5, 5.41) is 8.22. The van der Waals surface area contributed by atoms with E-state index in [4.69, 9.17) is 5.10 Å². The Bertz CT molecular complexity index is 926. The highest BCUT2D eigenvalue weighted by Crippen LogP contribution is 2.26. The van der Waals surface area contributed by atoms with Crippen molar-refractivity contribution >= 4 is 16.8 Å². The molecule has 6 nitrogen and oxygen atoms in total. The molecule has 1 N–H and O–H groups in total. The maximum Gasteiger partial charge on any atom is 0.411 e. The number of nitrogens with zero attached hydrogens (tertiary/aromatic N) is 3. The number of fused-ring (bicyclic) bond motifs is 1. The Kier molecular flexibility index (Phi) is 7.50. The van der Waals surface area contributed by atoms with Crippen LogP contribution in [-0.4, -0.2) is 65.2 Å². The molecule has 3 rings (SSSR count). The lowest BCUT2D eigenvalue weighted by molar-refractivity contribution is -0.173. The van der Waals surface area contributed by atoms with E-state index in [9.17, 15) is 18.0 Å². The summed E-state index contributed by atoms with van der Waals surface area (Å²) in [6.45, 7) is 10.1. The predicted octanol–water partition coefficient (Wildman–Crippen LogP) is 4.16. The van der Waals surface area contributed by atoms with Crippen LogP contribution in [0.25, 0.3) is 10.9 Å². The number of benzene rings is 1. The summed E-state index contributed by atoms with van der Waals surface area (Å²) >= 11 is 0. The van der Waals surface area contributed by atoms with Gasteiger partial charge in [0.2, 0.25) is 0 Å². The number of nitrogens with one attached hydrogen (secondary N) is 1. The maximum absolute atomic E-state index is 12.5. The van der Waals surface area contributed by atoms with Gasteiger partial charge < -0.3 is 10.1 Å². The number of hydrogen-bond acceptors (Lipinski definition) is 4. The van der Waals surface area contributed by atoms with Gasteiger partial charge in [0, 0.05) is 35.8 Å². The number of aryl methyl sites for hydroxylation is 1. The van der Waals surface area contributed by atoms with Crippen molar-refractivity contribution in [3.05, 3.63) is 29.5 Å². The number of rotatable bonds is 7. The quantitative estimate of drug-likeness (QED) is 0.638. The third-order valence-corrected chi connectivity index (χ3v) is 6.06. The second-order valence-electron chi connectivity index (χ2n) is 9.55. The van der Waals surface area contributed by atoms with Crippen LogP contribution in [0.15, 0.2) is 18.3 Å². The van der Waals surface area contributed by atoms with Crippen LogP contribution in [0.3, 0.4) is 0 Å². The van der Waals surface area contributed by atoms with Crippen molar-refractivity contribution in [2.24, 2.45) is 5.92 Å². The number of hydrogen-bond donors (Lipinski definition) is 1. The molecular weight excluding hydrogens is 421 g/mol. The van der Waals surface area contributed by atoms with Crippen molar-refractivity contribution in [2.75, 3.05) is 32.8 Å². The molecule has 0 unspecified atom stereocenters. The molecule has 0 radical (unpaired) electrons. The molecule has 2 aromatic rings. The number of alkyl halides is 3. The van der Waals surface area contributed by atoms with Crippen LogP contribution in [0.2, 0.25) is 0 Å². The molecule has 178 valence electrons. The third kappa shape index (κ3) is 6.45. The van der Waals surface area contributed by atoms with Gasteiger partial charge in [-0.15, -0.1) is 0 Å². The highest BCUT2D eigenvalue weighted by Gasteiger charge is 2.28. The van der Waals surface area contributed by atoms with Gasteiger partial charge in [-0.05, 0) is 77.2 Å². The summed E-state index contributed by atoms with van der Waals surface area (Å²) in [6.07, 6.45) is -0.105. The second-order valence-corrected chi connectivity index (χ2v) is 9.55. The van der Waals surface area contributed by atoms with Gasteiger partial charge in [0.05, 0.1) is 12.1 Å². The molecule has 0 spiro atoms. The van der Waals surface area contributed by atoms with Crippen molar-refractivity contribution in [3.8, 4) is 0 Å². The minimum absolute atomic E-state index is 0.0128. The summed E-state index contributed by atoms with van der Waals surface area (Å²) < 4.78 is 42.8. The van der Waals surface area contributed by atoms with Crippen molar-refractivity contribution < 1.29 is 22.7 Å². The number of carbonyl (C=O) groups is 1. The molecule has 1 aliphatic rings. The van der Waals surface area contributed by atoms with E-state index < -0.39 is 12.8 Å². The molecule has 2 heterocycles. The average molecular weight is 455 g/mol. The van der Waals surface area contributed by atoms with E-state index in [1.165, 1.54) is 0 Å². The van der Waals surface area contributed by atoms with Crippen molar-refractivity contribution in [1.29, 1.82) is 0 Å². The van der Waals surface area contributed by atoms with Crippen LogP contribution in [0.4, 0.5) is 13.2 Å². The molecule has 32 heavy (non-hydrogen) atoms. The predicted molar refractivity (Wildman–Crippen MR) is 118 cm³/mol. The monoisotopic (exact) mass is 454 g/mol. The van der Waals surface area contributed by atoms with E-state index in [1.54, 1.807) is 6.07 Å². The van der Waals surface area contributed by atoms with E-state index in [0.29, 0.717) is 11.5 Å². The standard InChI is InChI=1S/C23H33F3N4O2/c1-16-18(21(31)27-9-12-32-15-23(24,25)26)5-6-20-19(16)14-30(28-20)13-17-7-10-29(11-8-17)22(2,3)4/h5-6,14,17H,7-13,15H2,1-4H3,(H,27,31). The first-order valence-corrected chi connectivity index (χ1v) is 11.1. The Morgan fingerprint density at radius 2 is 1.91 bits per heavy atom. The lowest BCUT2D eigenvalue weighted by atomic mass is 9.93. The smallest absolute Gasteiger partial charge is 0.370 e. The molecule has 1 saturated heterocycles. The van der Waals surface area contributed by atoms with E-state index in [0.717, 1.165) is 48.9 Å². The van der Waals surface area contributed by atoms with Crippen molar-refractivity contribution in [2.45, 2.75) is 58.8 Å². The van der Waals surface area contributed by atoms with Crippen LogP contribution in [-0.2, 0) is 11.3 Å². The van der Waals surface area contributed by atoms with E-state index >= 15 is 0 Å². The fourth-order valence-electron chi connectivity index (χ4n) is 4.19. The first-order valence-electron chi connectivity index (χ1n) is 11.1. The zero-order valence-corrected chi connectivity index (χ0v) is 19.3. The van der Waals surface area contributed by atoms with Crippen molar-refractivity contribution in [3.63, 3.8) is 0 Å². The molecule has 9 heteroatoms. The summed E-state index contributed by atoms with van der Waals surface area (Å²) in [7, 11) is 0. The molecule has 1 amide bonds. The zero-order chi connectivity index (χ0) is 23.5. The number of halogens is 3. The molecule has 0 saturated carbocycles. The number of likely N-dealkylation sites (tertiary alicyclic amines) is 1. The average Bonchev–Trinajstić information content (AvgIpc) is 3.10. The second kappa shape index (κ2) is 9.79. The van der Waals surface area contributed by atoms with Gasteiger partial charge in [-0.3, -0.25) is 14.4 Å². The van der Waals surface area contributed by atoms with E-state index in [2.05, 4.69) is 35.7 Å². The van der Waals surface area contributed by atoms with Gasteiger partial charge in [0.25, 0.3) is 5.91 Å². The third-order valence-electron chi connectivity index (χ3n) is 6.06. The molecule has 1 aromatic carbocycles. The first kappa shape index (κ1) is 24.5. The molecule has 1 fully saturated rings. The van der Waals surface area contributed by atoms with Gasteiger partial charge in [-0.1, -0.05) is 0 Å². The molecule has 0 atom stereocenters. The minimum atomic E-state index is -4.37. The van der Waals surface area contributed by atoms with Crippen LogP contribution in [0, 0.1) is 12.8 Å². The SMILES string of the molecule is Cc1c(C(=O)NCCOCC(F)(F)F)ccc2nn(CC3CCN(C(C)(C)C)CC3)cc12. The maximum atomic E-state index is 12.5. The molecular formula is C23H33F3N4O2. The van der Waals surface area contributed by atoms with Crippen LogP contribution >= 0.6 is 0 Å². The highest BCUT2D eigenvalue weighted by molar-refractivity contribution is 6.00. The number of ether oxygens (including phenoxy) is 1. The Morgan fingerprint density at radius 1 is 1.22 bits per heavy atom. The molecule has 0 aliphatic carbocycles. The lowest BCUT2D eigenvalue weighted by Crippen LogP contribution is -2.46. The van der Waals surface area contributed by atoms with Gasteiger partial charge in [-0.2, -0.15) is 18.3 Å². The van der Waals surface area contributed by atoms with Gasteiger partial charge >= 0.3 is 6.18 Å². The van der Waals surface area contributed by atoms with Crippen LogP contribution in [0.5, 0.6) is 0 Å². The van der Waals surface area contributed by atoms with Gasteiger partial charge in [-0.25, -0.2) is 0 Å². The Labute approximate surface area is 187 Å². The highest BCUT2D eigenvalue weighted by atomic mass is 19.4. The van der Waals surface area contributed by atoms with Crippen LogP contribution in [0.1, 0.15) is 49.5 Å². The minimum Gasteiger partial charge on any atom is -0.370 e. The number of aromatic nitrogens is 2. The lowest BCUT2D eigenvalue weighted by Gasteiger charge is -2.40. The van der Waals surface area contributed by atoms with Crippen molar-refractivity contribution in [1.82, 2.24) is 20.0 Å². The molecule has 1 aromatic heterocycles.